The van der Waals surface area contributed by atoms with Crippen LogP contribution in [0.1, 0.15) is 11.1 Å². The number of hydrogen-bond donors (Lipinski definition) is 2. The van der Waals surface area contributed by atoms with E-state index in [0.717, 1.165) is 17.2 Å². The lowest BCUT2D eigenvalue weighted by atomic mass is 10.2. The van der Waals surface area contributed by atoms with Crippen molar-refractivity contribution in [1.82, 2.24) is 5.32 Å². The van der Waals surface area contributed by atoms with Crippen molar-refractivity contribution in [3.8, 4) is 0 Å². The number of amides is 1. The predicted octanol–water partition coefficient (Wildman–Crippen LogP) is 5.09. The van der Waals surface area contributed by atoms with Crippen LogP contribution < -0.4 is 10.6 Å². The number of hydrogen-bond acceptors (Lipinski definition) is 2. The molecule has 0 aliphatic carbocycles. The number of rotatable bonds is 3. The van der Waals surface area contributed by atoms with Crippen LogP contribution in [0, 0.1) is 6.92 Å². The molecule has 8 heteroatoms. The van der Waals surface area contributed by atoms with Crippen LogP contribution in [-0.2, 0) is 11.0 Å². The van der Waals surface area contributed by atoms with Gasteiger partial charge in [0.25, 0.3) is 0 Å². The molecule has 0 aliphatic heterocycles. The second-order valence-corrected chi connectivity index (χ2v) is 5.21. The Hall–Kier alpha value is -2.12. The lowest BCUT2D eigenvalue weighted by Gasteiger charge is -2.06. The maximum absolute atomic E-state index is 12.1. The van der Waals surface area contributed by atoms with Gasteiger partial charge in [-0.25, -0.2) is 0 Å². The lowest BCUT2D eigenvalue weighted by Crippen LogP contribution is -2.04. The summed E-state index contributed by atoms with van der Waals surface area (Å²) in [4.78, 5) is 9.06. The number of carbonyl (C=O) groups is 1. The number of anilines is 1. The molecule has 0 aromatic heterocycles. The average molecular weight is 391 g/mol. The fourth-order valence-corrected chi connectivity index (χ4v) is 1.81. The summed E-state index contributed by atoms with van der Waals surface area (Å²) in [5, 5.41) is 5.67. The van der Waals surface area contributed by atoms with E-state index in [-0.39, 0.29) is 0 Å². The molecule has 0 radical (unpaired) electrons. The molecule has 136 valence electrons. The molecule has 0 aliphatic rings. The van der Waals surface area contributed by atoms with Crippen molar-refractivity contribution in [3.63, 3.8) is 0 Å². The summed E-state index contributed by atoms with van der Waals surface area (Å²) in [5.74, 6) is 0. The highest BCUT2D eigenvalue weighted by molar-refractivity contribution is 7.79. The van der Waals surface area contributed by atoms with E-state index in [1.807, 2.05) is 31.2 Å². The molecule has 0 saturated carbocycles. The van der Waals surface area contributed by atoms with E-state index >= 15 is 0 Å². The molecule has 0 spiro atoms. The molecule has 0 fully saturated rings. The first-order chi connectivity index (χ1) is 11.7. The Labute approximate surface area is 155 Å². The maximum Gasteiger partial charge on any atom is 0.416 e. The van der Waals surface area contributed by atoms with Gasteiger partial charge in [-0.1, -0.05) is 36.0 Å². The van der Waals surface area contributed by atoms with Crippen LogP contribution in [0.3, 0.4) is 0 Å². The van der Waals surface area contributed by atoms with Crippen LogP contribution in [0.15, 0.2) is 48.5 Å². The summed E-state index contributed by atoms with van der Waals surface area (Å²) in [5.41, 5.74) is 2.32. The third-order valence-corrected chi connectivity index (χ3v) is 2.89. The first kappa shape index (κ1) is 22.9. The quantitative estimate of drug-likeness (QED) is 0.567. The second-order valence-electron chi connectivity index (χ2n) is 4.54. The molecule has 1 amide bonds. The van der Waals surface area contributed by atoms with Crippen molar-refractivity contribution in [3.05, 3.63) is 64.7 Å². The number of thiocarbonyl (C=S) groups is 1. The summed E-state index contributed by atoms with van der Waals surface area (Å²) >= 11 is 10.1. The summed E-state index contributed by atoms with van der Waals surface area (Å²) in [6.07, 6.45) is -3.66. The Bertz CT molecular complexity index is 632. The van der Waals surface area contributed by atoms with Gasteiger partial charge in [-0.15, -0.1) is 0 Å². The van der Waals surface area contributed by atoms with E-state index in [1.165, 1.54) is 23.2 Å². The average Bonchev–Trinajstić information content (AvgIpc) is 2.55. The van der Waals surface area contributed by atoms with Gasteiger partial charge in [0.2, 0.25) is 6.41 Å². The molecule has 0 saturated heterocycles. The summed E-state index contributed by atoms with van der Waals surface area (Å²) in [6.45, 7) is 2.02. The lowest BCUT2D eigenvalue weighted by molar-refractivity contribution is -0.137. The Kier molecular flexibility index (Phi) is 11.2. The van der Waals surface area contributed by atoms with Crippen LogP contribution in [0.4, 0.5) is 18.9 Å². The van der Waals surface area contributed by atoms with Gasteiger partial charge in [-0.05, 0) is 48.9 Å². The molecule has 0 heterocycles. The number of carbonyl (C=O) groups excluding carboxylic acids is 1. The van der Waals surface area contributed by atoms with Crippen molar-refractivity contribution in [2.24, 2.45) is 0 Å². The summed E-state index contributed by atoms with van der Waals surface area (Å²) in [6, 6.07) is 12.4. The van der Waals surface area contributed by atoms with Gasteiger partial charge in [-0.3, -0.25) is 4.79 Å². The van der Waals surface area contributed by atoms with Gasteiger partial charge >= 0.3 is 6.18 Å². The Morgan fingerprint density at radius 1 is 1.12 bits per heavy atom. The normalized spacial score (nSPS) is 9.52. The van der Waals surface area contributed by atoms with Crippen molar-refractivity contribution < 1.29 is 18.0 Å². The molecule has 3 nitrogen and oxygen atoms in total. The topological polar surface area (TPSA) is 41.1 Å². The van der Waals surface area contributed by atoms with Gasteiger partial charge in [0.15, 0.2) is 0 Å². The zero-order valence-corrected chi connectivity index (χ0v) is 15.2. The van der Waals surface area contributed by atoms with Crippen LogP contribution >= 0.6 is 23.8 Å². The monoisotopic (exact) mass is 390 g/mol. The van der Waals surface area contributed by atoms with Gasteiger partial charge in [0.05, 0.1) is 11.1 Å². The molecule has 0 atom stereocenters. The molecule has 2 aromatic rings. The third kappa shape index (κ3) is 11.1. The van der Waals surface area contributed by atoms with E-state index in [0.29, 0.717) is 12.1 Å². The standard InChI is InChI=1S/C8H6F3NS.C7H7Cl.C2H5NO/c9-8(10,11)6-1-3-7(4-2-6)12-5-13;1-6-3-2-4-7(8)5-6;1-3-2-4/h1-5H,(H,12,13);2-5H,1H3;2H,1H3,(H,3,4). The molecule has 0 unspecified atom stereocenters. The highest BCUT2D eigenvalue weighted by atomic mass is 35.5. The largest absolute Gasteiger partial charge is 0.416 e. The van der Waals surface area contributed by atoms with E-state index in [9.17, 15) is 13.2 Å². The fraction of sp³-hybridized carbons (Fsp3) is 0.176. The fourth-order valence-electron chi connectivity index (χ4n) is 1.43. The van der Waals surface area contributed by atoms with Crippen LogP contribution in [0.25, 0.3) is 0 Å². The zero-order valence-electron chi connectivity index (χ0n) is 13.6. The maximum atomic E-state index is 12.1. The Morgan fingerprint density at radius 3 is 2.00 bits per heavy atom. The smallest absolute Gasteiger partial charge is 0.362 e. The van der Waals surface area contributed by atoms with Crippen LogP contribution in [0.2, 0.25) is 5.02 Å². The second kappa shape index (κ2) is 12.3. The molecule has 2 N–H and O–H groups in total. The molecule has 2 rings (SSSR count). The molecular formula is C17H18ClF3N2OS. The van der Waals surface area contributed by atoms with Gasteiger partial charge < -0.3 is 10.6 Å². The molecule has 25 heavy (non-hydrogen) atoms. The van der Waals surface area contributed by atoms with Gasteiger partial charge in [0, 0.05) is 17.8 Å². The highest BCUT2D eigenvalue weighted by Gasteiger charge is 2.29. The van der Waals surface area contributed by atoms with Crippen LogP contribution in [0.5, 0.6) is 0 Å². The molecule has 2 aromatic carbocycles. The van der Waals surface area contributed by atoms with Gasteiger partial charge in [-0.2, -0.15) is 13.2 Å². The number of nitrogens with one attached hydrogen (secondary N) is 2. The minimum atomic E-state index is -4.28. The molecule has 0 bridgehead atoms. The number of halogens is 4. The van der Waals surface area contributed by atoms with E-state index in [4.69, 9.17) is 16.4 Å². The third-order valence-electron chi connectivity index (χ3n) is 2.54. The SMILES string of the molecule is CNC=O.Cc1cccc(Cl)c1.FC(F)(F)c1ccc(NC=S)cc1. The van der Waals surface area contributed by atoms with Crippen LogP contribution in [-0.4, -0.2) is 18.9 Å². The number of benzene rings is 2. The first-order valence-electron chi connectivity index (χ1n) is 6.95. The van der Waals surface area contributed by atoms with Crippen molar-refractivity contribution >= 4 is 41.4 Å². The summed E-state index contributed by atoms with van der Waals surface area (Å²) in [7, 11) is 1.56. The Balaban J connectivity index is 0.000000407. The van der Waals surface area contributed by atoms with E-state index in [2.05, 4.69) is 22.9 Å². The number of alkyl halides is 3. The van der Waals surface area contributed by atoms with Gasteiger partial charge in [0.1, 0.15) is 0 Å². The van der Waals surface area contributed by atoms with Crippen molar-refractivity contribution in [2.45, 2.75) is 13.1 Å². The minimum Gasteiger partial charge on any atom is -0.362 e. The zero-order chi connectivity index (χ0) is 19.3. The van der Waals surface area contributed by atoms with E-state index < -0.39 is 11.7 Å². The summed E-state index contributed by atoms with van der Waals surface area (Å²) < 4.78 is 36.2. The van der Waals surface area contributed by atoms with Crippen molar-refractivity contribution in [1.29, 1.82) is 0 Å². The Morgan fingerprint density at radius 2 is 1.68 bits per heavy atom. The van der Waals surface area contributed by atoms with E-state index in [1.54, 1.807) is 7.05 Å². The van der Waals surface area contributed by atoms with Crippen molar-refractivity contribution in [2.75, 3.05) is 12.4 Å². The number of aryl methyl sites for hydroxylation is 1. The molecular weight excluding hydrogens is 373 g/mol. The first-order valence-corrected chi connectivity index (χ1v) is 7.80. The predicted molar refractivity (Wildman–Crippen MR) is 100 cm³/mol. The highest BCUT2D eigenvalue weighted by Crippen LogP contribution is 2.29. The minimum absolute atomic E-state index is 0.544.